The minimum atomic E-state index is -0.794. The van der Waals surface area contributed by atoms with Crippen LogP contribution in [0.2, 0.25) is 0 Å². The number of rotatable bonds is 40. The number of ether oxygens (including phenoxy) is 1. The maximum absolute atomic E-state index is 13.1. The number of carbonyl (C=O) groups excluding carboxylic acids is 2. The van der Waals surface area contributed by atoms with Crippen molar-refractivity contribution in [2.24, 2.45) is 0 Å². The maximum Gasteiger partial charge on any atom is 0.306 e. The van der Waals surface area contributed by atoms with Gasteiger partial charge in [-0.1, -0.05) is 197 Å². The second-order valence-corrected chi connectivity index (χ2v) is 15.4. The van der Waals surface area contributed by atoms with E-state index in [4.69, 9.17) is 4.74 Å². The molecule has 0 fully saturated rings. The summed E-state index contributed by atoms with van der Waals surface area (Å²) in [6.45, 7) is 6.31. The average molecular weight is 770 g/mol. The van der Waals surface area contributed by atoms with Crippen LogP contribution in [0.3, 0.4) is 0 Å². The Morgan fingerprint density at radius 1 is 0.545 bits per heavy atom. The van der Waals surface area contributed by atoms with Crippen molar-refractivity contribution in [2.45, 2.75) is 232 Å². The quantitative estimate of drug-likeness (QED) is 0.0328. The number of hydrogen-bond donors (Lipinski definition) is 3. The summed E-state index contributed by atoms with van der Waals surface area (Å²) in [7, 11) is 0. The summed E-state index contributed by atoms with van der Waals surface area (Å²) in [4.78, 5) is 25.9. The van der Waals surface area contributed by atoms with Crippen LogP contribution in [0.15, 0.2) is 60.8 Å². The van der Waals surface area contributed by atoms with Crippen LogP contribution in [-0.2, 0) is 14.3 Å². The average Bonchev–Trinajstić information content (AvgIpc) is 3.18. The molecule has 0 aromatic carbocycles. The number of esters is 1. The smallest absolute Gasteiger partial charge is 0.306 e. The van der Waals surface area contributed by atoms with Gasteiger partial charge in [0.05, 0.1) is 25.2 Å². The van der Waals surface area contributed by atoms with Gasteiger partial charge in [0.15, 0.2) is 0 Å². The summed E-state index contributed by atoms with van der Waals surface area (Å²) in [5, 5.41) is 23.6. The van der Waals surface area contributed by atoms with E-state index in [1.54, 1.807) is 0 Å². The molecule has 0 aliphatic heterocycles. The second kappa shape index (κ2) is 42.7. The van der Waals surface area contributed by atoms with Gasteiger partial charge in [0.1, 0.15) is 6.10 Å². The molecule has 0 radical (unpaired) electrons. The first-order valence-corrected chi connectivity index (χ1v) is 23.0. The molecule has 0 aromatic rings. The van der Waals surface area contributed by atoms with E-state index in [-0.39, 0.29) is 24.9 Å². The summed E-state index contributed by atoms with van der Waals surface area (Å²) in [6.07, 6.45) is 51.4. The molecule has 0 saturated carbocycles. The number of aliphatic hydroxyl groups excluding tert-OH is 2. The van der Waals surface area contributed by atoms with Crippen LogP contribution in [0.1, 0.15) is 213 Å². The zero-order valence-corrected chi connectivity index (χ0v) is 36.0. The summed E-state index contributed by atoms with van der Waals surface area (Å²) < 4.78 is 5.87. The van der Waals surface area contributed by atoms with Crippen LogP contribution in [0.25, 0.3) is 0 Å². The first-order valence-electron chi connectivity index (χ1n) is 23.0. The van der Waals surface area contributed by atoms with Crippen LogP contribution in [-0.4, -0.2) is 46.9 Å². The molecular formula is C49H87NO5. The first kappa shape index (κ1) is 52.6. The van der Waals surface area contributed by atoms with Gasteiger partial charge in [-0.25, -0.2) is 0 Å². The van der Waals surface area contributed by atoms with E-state index in [1.807, 2.05) is 0 Å². The summed E-state index contributed by atoms with van der Waals surface area (Å²) >= 11 is 0. The van der Waals surface area contributed by atoms with Gasteiger partial charge in [0.2, 0.25) is 5.91 Å². The fourth-order valence-electron chi connectivity index (χ4n) is 6.64. The zero-order chi connectivity index (χ0) is 40.3. The second-order valence-electron chi connectivity index (χ2n) is 15.4. The van der Waals surface area contributed by atoms with Crippen molar-refractivity contribution in [1.82, 2.24) is 5.32 Å². The monoisotopic (exact) mass is 770 g/mol. The third-order valence-corrected chi connectivity index (χ3v) is 10.1. The highest BCUT2D eigenvalue weighted by Gasteiger charge is 2.24. The minimum absolute atomic E-state index is 0.0548. The summed E-state index contributed by atoms with van der Waals surface area (Å²) in [5.74, 6) is -0.546. The standard InChI is InChI=1S/C49H87NO5/c1-4-7-10-13-16-19-21-22-23-24-25-26-27-30-33-36-39-42-49(54)55-45(40-37-34-31-29-20-17-14-11-8-5-2)43-48(53)50-46(44-51)47(52)41-38-35-32-28-18-15-12-9-6-3/h7,10,16,19,22-23,25-26,30,33,45-47,51-52H,4-6,8-9,11-15,17-18,20-21,24,27-29,31-32,34-44H2,1-3H3,(H,50,53)/b10-7-,19-16-,23-22-,26-25-,33-30-. The SMILES string of the molecule is CC/C=C\C/C=C\C/C=C\C/C=C\C/C=C\CCCC(=O)OC(CCCCCCCCCCCC)CC(=O)NC(CO)C(O)CCCCCCCCCCC. The third kappa shape index (κ3) is 38.2. The molecule has 0 rings (SSSR count). The molecule has 0 saturated heterocycles. The van der Waals surface area contributed by atoms with Crippen molar-refractivity contribution in [3.05, 3.63) is 60.8 Å². The largest absolute Gasteiger partial charge is 0.462 e. The number of unbranched alkanes of at least 4 members (excludes halogenated alkanes) is 18. The number of allylic oxidation sites excluding steroid dienone is 10. The van der Waals surface area contributed by atoms with Gasteiger partial charge < -0.3 is 20.3 Å². The molecule has 0 aliphatic rings. The molecule has 3 atom stereocenters. The van der Waals surface area contributed by atoms with Crippen molar-refractivity contribution in [3.8, 4) is 0 Å². The zero-order valence-electron chi connectivity index (χ0n) is 36.0. The lowest BCUT2D eigenvalue weighted by Crippen LogP contribution is -2.46. The summed E-state index contributed by atoms with van der Waals surface area (Å²) in [6, 6.07) is -0.710. The molecule has 0 heterocycles. The Bertz CT molecular complexity index is 999. The lowest BCUT2D eigenvalue weighted by Gasteiger charge is -2.24. The van der Waals surface area contributed by atoms with Crippen LogP contribution in [0, 0.1) is 0 Å². The van der Waals surface area contributed by atoms with E-state index < -0.39 is 18.2 Å². The highest BCUT2D eigenvalue weighted by molar-refractivity contribution is 5.77. The van der Waals surface area contributed by atoms with Crippen molar-refractivity contribution in [1.29, 1.82) is 0 Å². The predicted octanol–water partition coefficient (Wildman–Crippen LogP) is 13.3. The molecule has 0 spiro atoms. The number of aliphatic hydroxyl groups is 2. The number of nitrogens with one attached hydrogen (secondary N) is 1. The minimum Gasteiger partial charge on any atom is -0.462 e. The van der Waals surface area contributed by atoms with Crippen LogP contribution in [0.4, 0.5) is 0 Å². The van der Waals surface area contributed by atoms with Crippen molar-refractivity contribution < 1.29 is 24.5 Å². The molecule has 3 unspecified atom stereocenters. The molecule has 1 amide bonds. The molecule has 3 N–H and O–H groups in total. The molecule has 0 aromatic heterocycles. The van der Waals surface area contributed by atoms with Gasteiger partial charge in [-0.2, -0.15) is 0 Å². The normalized spacial score (nSPS) is 13.9. The van der Waals surface area contributed by atoms with Crippen molar-refractivity contribution >= 4 is 11.9 Å². The maximum atomic E-state index is 13.1. The van der Waals surface area contributed by atoms with Gasteiger partial charge in [0, 0.05) is 6.42 Å². The van der Waals surface area contributed by atoms with Gasteiger partial charge in [-0.05, 0) is 64.2 Å². The van der Waals surface area contributed by atoms with E-state index >= 15 is 0 Å². The highest BCUT2D eigenvalue weighted by Crippen LogP contribution is 2.17. The molecule has 55 heavy (non-hydrogen) atoms. The Labute approximate surface area is 339 Å². The van der Waals surface area contributed by atoms with E-state index in [2.05, 4.69) is 86.8 Å². The predicted molar refractivity (Wildman–Crippen MR) is 236 cm³/mol. The van der Waals surface area contributed by atoms with Gasteiger partial charge >= 0.3 is 5.97 Å². The molecule has 0 aliphatic carbocycles. The van der Waals surface area contributed by atoms with Crippen LogP contribution >= 0.6 is 0 Å². The fraction of sp³-hybridized carbons (Fsp3) is 0.755. The molecule has 6 heteroatoms. The van der Waals surface area contributed by atoms with E-state index in [9.17, 15) is 19.8 Å². The number of hydrogen-bond acceptors (Lipinski definition) is 5. The van der Waals surface area contributed by atoms with Crippen LogP contribution in [0.5, 0.6) is 0 Å². The number of amides is 1. The van der Waals surface area contributed by atoms with E-state index in [1.165, 1.54) is 83.5 Å². The molecule has 318 valence electrons. The number of carbonyl (C=O) groups is 2. The lowest BCUT2D eigenvalue weighted by molar-refractivity contribution is -0.151. The molecular weight excluding hydrogens is 683 g/mol. The Balaban J connectivity index is 4.64. The molecule has 6 nitrogen and oxygen atoms in total. The lowest BCUT2D eigenvalue weighted by atomic mass is 10.0. The Morgan fingerprint density at radius 2 is 0.964 bits per heavy atom. The van der Waals surface area contributed by atoms with Gasteiger partial charge in [0.25, 0.3) is 0 Å². The third-order valence-electron chi connectivity index (χ3n) is 10.1. The Kier molecular flexibility index (Phi) is 40.8. The Morgan fingerprint density at radius 3 is 1.42 bits per heavy atom. The van der Waals surface area contributed by atoms with E-state index in [0.717, 1.165) is 77.0 Å². The van der Waals surface area contributed by atoms with Gasteiger partial charge in [-0.3, -0.25) is 9.59 Å². The van der Waals surface area contributed by atoms with E-state index in [0.29, 0.717) is 25.7 Å². The fourth-order valence-corrected chi connectivity index (χ4v) is 6.64. The molecule has 0 bridgehead atoms. The summed E-state index contributed by atoms with van der Waals surface area (Å²) in [5.41, 5.74) is 0. The Hall–Kier alpha value is -2.44. The highest BCUT2D eigenvalue weighted by atomic mass is 16.5. The van der Waals surface area contributed by atoms with Crippen molar-refractivity contribution in [2.75, 3.05) is 6.61 Å². The first-order chi connectivity index (χ1) is 27.0. The van der Waals surface area contributed by atoms with Gasteiger partial charge in [-0.15, -0.1) is 0 Å². The van der Waals surface area contributed by atoms with Crippen molar-refractivity contribution in [3.63, 3.8) is 0 Å². The van der Waals surface area contributed by atoms with Crippen LogP contribution < -0.4 is 5.32 Å². The topological polar surface area (TPSA) is 95.9 Å².